The third-order valence-corrected chi connectivity index (χ3v) is 4.11. The molecule has 1 nitrogen and oxygen atoms in total. The van der Waals surface area contributed by atoms with E-state index in [0.29, 0.717) is 5.92 Å². The van der Waals surface area contributed by atoms with E-state index < -0.39 is 0 Å². The number of rotatable bonds is 0. The smallest absolute Gasteiger partial charge is 0.0689 e. The molecule has 70 valence electrons. The van der Waals surface area contributed by atoms with Crippen molar-refractivity contribution in [3.05, 3.63) is 0 Å². The lowest BCUT2D eigenvalue weighted by atomic mass is 9.67. The van der Waals surface area contributed by atoms with Crippen LogP contribution in [0.5, 0.6) is 0 Å². The molecule has 0 saturated heterocycles. The van der Waals surface area contributed by atoms with E-state index in [9.17, 15) is 5.11 Å². The van der Waals surface area contributed by atoms with E-state index in [1.54, 1.807) is 0 Å². The Morgan fingerprint density at radius 2 is 1.83 bits per heavy atom. The molecule has 12 heavy (non-hydrogen) atoms. The van der Waals surface area contributed by atoms with Gasteiger partial charge in [0.2, 0.25) is 0 Å². The zero-order valence-electron chi connectivity index (χ0n) is 7.43. The summed E-state index contributed by atoms with van der Waals surface area (Å²) in [5, 5.41) is 10.5. The van der Waals surface area contributed by atoms with Crippen LogP contribution < -0.4 is 0 Å². The number of alkyl halides is 1. The van der Waals surface area contributed by atoms with Crippen molar-refractivity contribution in [1.29, 1.82) is 0 Å². The second kappa shape index (κ2) is 3.19. The SMILES string of the molecule is O[C@@]12CCCC[C@H]1[C@H](Cl)CCC2. The minimum absolute atomic E-state index is 0.240. The van der Waals surface area contributed by atoms with Gasteiger partial charge in [-0.05, 0) is 32.1 Å². The van der Waals surface area contributed by atoms with Crippen molar-refractivity contribution >= 4 is 11.6 Å². The molecular weight excluding hydrogens is 172 g/mol. The fourth-order valence-corrected chi connectivity index (χ4v) is 3.40. The Morgan fingerprint density at radius 1 is 1.08 bits per heavy atom. The van der Waals surface area contributed by atoms with E-state index in [2.05, 4.69) is 0 Å². The minimum atomic E-state index is -0.386. The molecule has 0 aromatic heterocycles. The number of halogens is 1. The van der Waals surface area contributed by atoms with Crippen LogP contribution in [-0.2, 0) is 0 Å². The number of aliphatic hydroxyl groups is 1. The van der Waals surface area contributed by atoms with E-state index in [1.165, 1.54) is 12.8 Å². The minimum Gasteiger partial charge on any atom is -0.390 e. The van der Waals surface area contributed by atoms with Crippen molar-refractivity contribution in [3.8, 4) is 0 Å². The molecule has 2 fully saturated rings. The Labute approximate surface area is 79.1 Å². The number of hydrogen-bond donors (Lipinski definition) is 1. The lowest BCUT2D eigenvalue weighted by Crippen LogP contribution is -2.47. The second-order valence-corrected chi connectivity index (χ2v) is 4.92. The summed E-state index contributed by atoms with van der Waals surface area (Å²) >= 11 is 6.22. The van der Waals surface area contributed by atoms with E-state index >= 15 is 0 Å². The molecule has 0 spiro atoms. The Hall–Kier alpha value is 0.250. The Balaban J connectivity index is 2.12. The molecule has 2 rings (SSSR count). The largest absolute Gasteiger partial charge is 0.390 e. The molecule has 0 aromatic carbocycles. The van der Waals surface area contributed by atoms with E-state index in [0.717, 1.165) is 32.1 Å². The molecule has 0 radical (unpaired) electrons. The monoisotopic (exact) mass is 188 g/mol. The van der Waals surface area contributed by atoms with Crippen LogP contribution in [0.2, 0.25) is 0 Å². The van der Waals surface area contributed by atoms with Gasteiger partial charge in [-0.15, -0.1) is 11.6 Å². The lowest BCUT2D eigenvalue weighted by Gasteiger charge is -2.45. The van der Waals surface area contributed by atoms with Crippen molar-refractivity contribution in [3.63, 3.8) is 0 Å². The van der Waals surface area contributed by atoms with Gasteiger partial charge in [0.05, 0.1) is 5.60 Å². The molecule has 3 atom stereocenters. The van der Waals surface area contributed by atoms with Gasteiger partial charge in [-0.3, -0.25) is 0 Å². The maximum Gasteiger partial charge on any atom is 0.0689 e. The first kappa shape index (κ1) is 8.83. The van der Waals surface area contributed by atoms with E-state index in [4.69, 9.17) is 11.6 Å². The average Bonchev–Trinajstić information content (AvgIpc) is 2.04. The van der Waals surface area contributed by atoms with Gasteiger partial charge in [0.25, 0.3) is 0 Å². The van der Waals surface area contributed by atoms with Gasteiger partial charge < -0.3 is 5.11 Å². The highest BCUT2D eigenvalue weighted by molar-refractivity contribution is 6.20. The van der Waals surface area contributed by atoms with Crippen molar-refractivity contribution in [2.75, 3.05) is 0 Å². The highest BCUT2D eigenvalue weighted by Gasteiger charge is 2.44. The van der Waals surface area contributed by atoms with Crippen LogP contribution in [0.3, 0.4) is 0 Å². The summed E-state index contributed by atoms with van der Waals surface area (Å²) in [5.74, 6) is 0.390. The molecule has 2 aliphatic rings. The summed E-state index contributed by atoms with van der Waals surface area (Å²) in [5.41, 5.74) is -0.386. The normalized spacial score (nSPS) is 48.5. The maximum absolute atomic E-state index is 10.3. The van der Waals surface area contributed by atoms with Gasteiger partial charge >= 0.3 is 0 Å². The first-order valence-corrected chi connectivity index (χ1v) is 5.52. The molecule has 0 aromatic rings. The number of fused-ring (bicyclic) bond motifs is 1. The highest BCUT2D eigenvalue weighted by Crippen LogP contribution is 2.45. The van der Waals surface area contributed by atoms with E-state index in [1.807, 2.05) is 0 Å². The summed E-state index contributed by atoms with van der Waals surface area (Å²) in [6, 6.07) is 0. The molecule has 1 N–H and O–H groups in total. The highest BCUT2D eigenvalue weighted by atomic mass is 35.5. The fraction of sp³-hybridized carbons (Fsp3) is 1.00. The molecule has 2 saturated carbocycles. The van der Waals surface area contributed by atoms with Crippen LogP contribution in [0, 0.1) is 5.92 Å². The summed E-state index contributed by atoms with van der Waals surface area (Å²) in [4.78, 5) is 0. The third kappa shape index (κ3) is 1.38. The predicted octanol–water partition coefficient (Wildman–Crippen LogP) is 2.70. The first-order chi connectivity index (χ1) is 5.72. The summed E-state index contributed by atoms with van der Waals surface area (Å²) in [6.07, 6.45) is 7.79. The topological polar surface area (TPSA) is 20.2 Å². The third-order valence-electron chi connectivity index (χ3n) is 3.59. The van der Waals surface area contributed by atoms with Crippen LogP contribution >= 0.6 is 11.6 Å². The average molecular weight is 189 g/mol. The van der Waals surface area contributed by atoms with Crippen LogP contribution in [0.15, 0.2) is 0 Å². The molecule has 2 heteroatoms. The standard InChI is InChI=1S/C10H17ClO/c11-9-5-3-7-10(12)6-2-1-4-8(9)10/h8-9,12H,1-7H2/t8-,9+,10+/m0/s1. The maximum atomic E-state index is 10.3. The van der Waals surface area contributed by atoms with Crippen LogP contribution in [-0.4, -0.2) is 16.1 Å². The van der Waals surface area contributed by atoms with Crippen LogP contribution in [0.4, 0.5) is 0 Å². The van der Waals surface area contributed by atoms with Gasteiger partial charge in [0.15, 0.2) is 0 Å². The zero-order chi connectivity index (χ0) is 8.60. The van der Waals surface area contributed by atoms with Crippen molar-refractivity contribution in [1.82, 2.24) is 0 Å². The van der Waals surface area contributed by atoms with Gasteiger partial charge in [0, 0.05) is 11.3 Å². The quantitative estimate of drug-likeness (QED) is 0.580. The molecule has 0 amide bonds. The van der Waals surface area contributed by atoms with Crippen molar-refractivity contribution in [2.45, 2.75) is 55.9 Å². The van der Waals surface area contributed by atoms with Gasteiger partial charge in [-0.25, -0.2) is 0 Å². The van der Waals surface area contributed by atoms with Crippen molar-refractivity contribution in [2.24, 2.45) is 5.92 Å². The summed E-state index contributed by atoms with van der Waals surface area (Å²) in [7, 11) is 0. The second-order valence-electron chi connectivity index (χ2n) is 4.36. The predicted molar refractivity (Wildman–Crippen MR) is 50.4 cm³/mol. The molecular formula is C10H17ClO. The first-order valence-electron chi connectivity index (χ1n) is 5.09. The molecule has 2 aliphatic carbocycles. The Kier molecular flexibility index (Phi) is 2.35. The van der Waals surface area contributed by atoms with Gasteiger partial charge in [-0.2, -0.15) is 0 Å². The van der Waals surface area contributed by atoms with Crippen LogP contribution in [0.25, 0.3) is 0 Å². The fourth-order valence-electron chi connectivity index (χ4n) is 2.88. The van der Waals surface area contributed by atoms with Gasteiger partial charge in [0.1, 0.15) is 0 Å². The summed E-state index contributed by atoms with van der Waals surface area (Å²) in [6.45, 7) is 0. The molecule has 0 unspecified atom stereocenters. The van der Waals surface area contributed by atoms with Gasteiger partial charge in [-0.1, -0.05) is 12.8 Å². The Morgan fingerprint density at radius 3 is 2.58 bits per heavy atom. The Bertz CT molecular complexity index is 167. The van der Waals surface area contributed by atoms with Crippen molar-refractivity contribution < 1.29 is 5.11 Å². The summed E-state index contributed by atoms with van der Waals surface area (Å²) < 4.78 is 0. The zero-order valence-corrected chi connectivity index (χ0v) is 8.19. The van der Waals surface area contributed by atoms with Crippen LogP contribution in [0.1, 0.15) is 44.9 Å². The lowest BCUT2D eigenvalue weighted by molar-refractivity contribution is -0.0724. The molecule has 0 heterocycles. The van der Waals surface area contributed by atoms with E-state index in [-0.39, 0.29) is 11.0 Å². The number of hydrogen-bond acceptors (Lipinski definition) is 1. The molecule has 0 bridgehead atoms. The molecule has 0 aliphatic heterocycles.